The van der Waals surface area contributed by atoms with Gasteiger partial charge < -0.3 is 18.3 Å². The molecule has 0 amide bonds. The van der Waals surface area contributed by atoms with Gasteiger partial charge in [0.15, 0.2) is 0 Å². The average Bonchev–Trinajstić information content (AvgIpc) is 3.96. The second-order valence-corrected chi connectivity index (χ2v) is 14.9. The third kappa shape index (κ3) is 5.09. The van der Waals surface area contributed by atoms with Crippen LogP contribution in [0.4, 0.5) is 17.1 Å². The van der Waals surface area contributed by atoms with E-state index in [1.165, 1.54) is 32.9 Å². The van der Waals surface area contributed by atoms with E-state index < -0.39 is 0 Å². The number of fused-ring (bicyclic) bond motifs is 9. The number of aromatic nitrogens is 1. The molecule has 4 heteroatoms. The van der Waals surface area contributed by atoms with Crippen molar-refractivity contribution in [1.82, 2.24) is 4.57 Å². The molecule has 0 saturated carbocycles. The van der Waals surface area contributed by atoms with Crippen LogP contribution in [0.1, 0.15) is 0 Å². The van der Waals surface area contributed by atoms with E-state index in [4.69, 9.17) is 8.83 Å². The maximum Gasteiger partial charge on any atom is 0.137 e. The van der Waals surface area contributed by atoms with Crippen LogP contribution < -0.4 is 4.90 Å². The smallest absolute Gasteiger partial charge is 0.137 e. The molecular weight excluding hydrogens is 709 g/mol. The normalized spacial score (nSPS) is 11.8. The molecule has 12 rings (SSSR count). The van der Waals surface area contributed by atoms with E-state index in [0.29, 0.717) is 0 Å². The molecule has 0 atom stereocenters. The fourth-order valence-corrected chi connectivity index (χ4v) is 8.92. The van der Waals surface area contributed by atoms with Crippen LogP contribution in [-0.4, -0.2) is 4.57 Å². The van der Waals surface area contributed by atoms with E-state index in [2.05, 4.69) is 191 Å². The Kier molecular flexibility index (Phi) is 7.20. The molecular formula is C54H34N2O2. The minimum atomic E-state index is 0.855. The zero-order chi connectivity index (χ0) is 38.2. The van der Waals surface area contributed by atoms with Gasteiger partial charge in [0.1, 0.15) is 22.3 Å². The van der Waals surface area contributed by atoms with Crippen molar-refractivity contribution in [2.45, 2.75) is 0 Å². The van der Waals surface area contributed by atoms with Gasteiger partial charge in [0.25, 0.3) is 0 Å². The first-order chi connectivity index (χ1) is 28.7. The van der Waals surface area contributed by atoms with Crippen LogP contribution in [0.3, 0.4) is 0 Å². The van der Waals surface area contributed by atoms with Gasteiger partial charge in [-0.25, -0.2) is 0 Å². The lowest BCUT2D eigenvalue weighted by molar-refractivity contribution is 0.668. The zero-order valence-electron chi connectivity index (χ0n) is 31.3. The number of furan rings is 2. The predicted molar refractivity (Wildman–Crippen MR) is 241 cm³/mol. The lowest BCUT2D eigenvalue weighted by atomic mass is 9.97. The Morgan fingerprint density at radius 2 is 0.845 bits per heavy atom. The van der Waals surface area contributed by atoms with Crippen LogP contribution in [0.25, 0.3) is 93.6 Å². The highest BCUT2D eigenvalue weighted by Gasteiger charge is 2.19. The summed E-state index contributed by atoms with van der Waals surface area (Å²) in [6, 6.07) is 73.3. The Morgan fingerprint density at radius 3 is 1.60 bits per heavy atom. The second-order valence-electron chi connectivity index (χ2n) is 14.9. The molecule has 9 aromatic carbocycles. The van der Waals surface area contributed by atoms with Crippen molar-refractivity contribution in [2.75, 3.05) is 4.90 Å². The number of benzene rings is 9. The first-order valence-electron chi connectivity index (χ1n) is 19.7. The minimum absolute atomic E-state index is 0.855. The average molecular weight is 743 g/mol. The molecule has 4 nitrogen and oxygen atoms in total. The van der Waals surface area contributed by atoms with Crippen molar-refractivity contribution in [3.05, 3.63) is 206 Å². The van der Waals surface area contributed by atoms with Gasteiger partial charge in [-0.3, -0.25) is 0 Å². The molecule has 272 valence electrons. The summed E-state index contributed by atoms with van der Waals surface area (Å²) in [6.07, 6.45) is 0. The molecule has 0 aliphatic carbocycles. The summed E-state index contributed by atoms with van der Waals surface area (Å²) >= 11 is 0. The number of hydrogen-bond acceptors (Lipinski definition) is 3. The molecule has 0 radical (unpaired) electrons. The van der Waals surface area contributed by atoms with Crippen molar-refractivity contribution in [2.24, 2.45) is 0 Å². The highest BCUT2D eigenvalue weighted by molar-refractivity contribution is 6.10. The van der Waals surface area contributed by atoms with Crippen LogP contribution >= 0.6 is 0 Å². The molecule has 0 unspecified atom stereocenters. The molecule has 3 heterocycles. The molecule has 58 heavy (non-hydrogen) atoms. The summed E-state index contributed by atoms with van der Waals surface area (Å²) in [6.45, 7) is 0. The van der Waals surface area contributed by atoms with Gasteiger partial charge in [-0.05, 0) is 95.6 Å². The van der Waals surface area contributed by atoms with Crippen LogP contribution in [0, 0.1) is 0 Å². The minimum Gasteiger partial charge on any atom is -0.456 e. The largest absolute Gasteiger partial charge is 0.456 e. The highest BCUT2D eigenvalue weighted by atomic mass is 16.3. The van der Waals surface area contributed by atoms with E-state index in [1.54, 1.807) is 0 Å². The maximum atomic E-state index is 6.39. The maximum absolute atomic E-state index is 6.39. The van der Waals surface area contributed by atoms with E-state index >= 15 is 0 Å². The SMILES string of the molecule is c1cc(-c2ccc(N(c3ccc4c(c3)oc3ccccc34)c3ccc4oc5ccccc5c4c3)cc2)cc(-c2ccccc2-n2c3ccccc3c3ccccc32)c1. The third-order valence-electron chi connectivity index (χ3n) is 11.6. The van der Waals surface area contributed by atoms with Crippen LogP contribution in [0.2, 0.25) is 0 Å². The number of nitrogens with zero attached hydrogens (tertiary/aromatic N) is 2. The van der Waals surface area contributed by atoms with Gasteiger partial charge >= 0.3 is 0 Å². The summed E-state index contributed by atoms with van der Waals surface area (Å²) in [5.41, 5.74) is 14.8. The highest BCUT2D eigenvalue weighted by Crippen LogP contribution is 2.42. The van der Waals surface area contributed by atoms with Gasteiger partial charge in [0, 0.05) is 61.0 Å². The molecule has 0 fully saturated rings. The van der Waals surface area contributed by atoms with E-state index in [0.717, 1.165) is 77.8 Å². The standard InChI is InChI=1S/C54H34N2O2/c1-6-19-48(56-49-20-7-2-15-42(49)43-16-3-8-21-50(43)56)41(14-1)37-13-11-12-36(32-37)35-24-26-38(27-25-35)55(39-29-31-53-47(33-39)45-18-5-10-23-52(45)57-53)40-28-30-46-44-17-4-9-22-51(44)58-54(46)34-40/h1-34H. The van der Waals surface area contributed by atoms with Crippen LogP contribution in [0.5, 0.6) is 0 Å². The molecule has 0 spiro atoms. The molecule has 0 bridgehead atoms. The van der Waals surface area contributed by atoms with Crippen molar-refractivity contribution < 1.29 is 8.83 Å². The van der Waals surface area contributed by atoms with Crippen molar-refractivity contribution in [3.63, 3.8) is 0 Å². The zero-order valence-corrected chi connectivity index (χ0v) is 31.3. The van der Waals surface area contributed by atoms with E-state index in [-0.39, 0.29) is 0 Å². The lowest BCUT2D eigenvalue weighted by Crippen LogP contribution is -2.09. The van der Waals surface area contributed by atoms with Gasteiger partial charge in [-0.1, -0.05) is 121 Å². The monoisotopic (exact) mass is 742 g/mol. The number of rotatable bonds is 6. The Morgan fingerprint density at radius 1 is 0.310 bits per heavy atom. The second kappa shape index (κ2) is 12.9. The first-order valence-corrected chi connectivity index (χ1v) is 19.7. The van der Waals surface area contributed by atoms with E-state index in [9.17, 15) is 0 Å². The Hall–Kier alpha value is -7.82. The quantitative estimate of drug-likeness (QED) is 0.170. The Bertz CT molecular complexity index is 3480. The summed E-state index contributed by atoms with van der Waals surface area (Å²) in [5, 5.41) is 6.91. The molecule has 12 aromatic rings. The third-order valence-corrected chi connectivity index (χ3v) is 11.6. The lowest BCUT2D eigenvalue weighted by Gasteiger charge is -2.26. The van der Waals surface area contributed by atoms with Crippen molar-refractivity contribution >= 4 is 82.7 Å². The molecule has 3 aromatic heterocycles. The van der Waals surface area contributed by atoms with E-state index in [1.807, 2.05) is 24.3 Å². The fraction of sp³-hybridized carbons (Fsp3) is 0. The topological polar surface area (TPSA) is 34.5 Å². The van der Waals surface area contributed by atoms with Crippen molar-refractivity contribution in [1.29, 1.82) is 0 Å². The van der Waals surface area contributed by atoms with Gasteiger partial charge in [-0.2, -0.15) is 0 Å². The fourth-order valence-electron chi connectivity index (χ4n) is 8.92. The molecule has 0 N–H and O–H groups in total. The van der Waals surface area contributed by atoms with Gasteiger partial charge in [0.2, 0.25) is 0 Å². The predicted octanol–water partition coefficient (Wildman–Crippen LogP) is 15.4. The molecule has 0 aliphatic rings. The van der Waals surface area contributed by atoms with Gasteiger partial charge in [-0.15, -0.1) is 0 Å². The summed E-state index contributed by atoms with van der Waals surface area (Å²) in [5.74, 6) is 0. The van der Waals surface area contributed by atoms with Gasteiger partial charge in [0.05, 0.1) is 16.7 Å². The van der Waals surface area contributed by atoms with Crippen molar-refractivity contribution in [3.8, 4) is 27.9 Å². The summed E-state index contributed by atoms with van der Waals surface area (Å²) in [7, 11) is 0. The summed E-state index contributed by atoms with van der Waals surface area (Å²) < 4.78 is 15.0. The first kappa shape index (κ1) is 32.4. The Labute approximate surface area is 334 Å². The molecule has 0 aliphatic heterocycles. The van der Waals surface area contributed by atoms with Crippen LogP contribution in [-0.2, 0) is 0 Å². The summed E-state index contributed by atoms with van der Waals surface area (Å²) in [4.78, 5) is 2.30. The number of hydrogen-bond donors (Lipinski definition) is 0. The van der Waals surface area contributed by atoms with Crippen LogP contribution in [0.15, 0.2) is 215 Å². The molecule has 0 saturated heterocycles. The number of para-hydroxylation sites is 5. The Balaban J connectivity index is 0.963. The number of anilines is 3.